The molecular weight excluding hydrogens is 224 g/mol. The third kappa shape index (κ3) is 2.52. The van der Waals surface area contributed by atoms with Gasteiger partial charge < -0.3 is 5.32 Å². The van der Waals surface area contributed by atoms with Gasteiger partial charge >= 0.3 is 0 Å². The van der Waals surface area contributed by atoms with Crippen molar-refractivity contribution < 1.29 is 0 Å². The number of anilines is 1. The maximum absolute atomic E-state index is 6.10. The van der Waals surface area contributed by atoms with Gasteiger partial charge in [-0.25, -0.2) is 0 Å². The fraction of sp³-hybridized carbons (Fsp3) is 0.273. The number of benzene rings is 1. The summed E-state index contributed by atoms with van der Waals surface area (Å²) in [5.41, 5.74) is 2.95. The van der Waals surface area contributed by atoms with Crippen LogP contribution >= 0.6 is 11.6 Å². The van der Waals surface area contributed by atoms with Crippen molar-refractivity contribution in [3.05, 3.63) is 40.7 Å². The maximum Gasteiger partial charge on any atom is 0.102 e. The SMILES string of the molecule is Cc1ccc(NCc2cn(C)nn2)c(Cl)c1. The lowest BCUT2D eigenvalue weighted by Crippen LogP contribution is -2.00. The quantitative estimate of drug-likeness (QED) is 0.890. The number of aromatic nitrogens is 3. The van der Waals surface area contributed by atoms with E-state index >= 15 is 0 Å². The van der Waals surface area contributed by atoms with Gasteiger partial charge in [0.15, 0.2) is 0 Å². The highest BCUT2D eigenvalue weighted by Gasteiger charge is 2.02. The Labute approximate surface area is 99.2 Å². The van der Waals surface area contributed by atoms with E-state index in [-0.39, 0.29) is 0 Å². The van der Waals surface area contributed by atoms with Crippen molar-refractivity contribution in [2.45, 2.75) is 13.5 Å². The summed E-state index contributed by atoms with van der Waals surface area (Å²) in [6.07, 6.45) is 1.87. The lowest BCUT2D eigenvalue weighted by Gasteiger charge is -2.06. The van der Waals surface area contributed by atoms with Crippen LogP contribution < -0.4 is 5.32 Å². The first kappa shape index (κ1) is 11.0. The van der Waals surface area contributed by atoms with Crippen LogP contribution in [0.2, 0.25) is 5.02 Å². The zero-order chi connectivity index (χ0) is 11.5. The van der Waals surface area contributed by atoms with Crippen LogP contribution in [0.1, 0.15) is 11.3 Å². The summed E-state index contributed by atoms with van der Waals surface area (Å²) in [7, 11) is 1.84. The molecule has 0 amide bonds. The number of aryl methyl sites for hydroxylation is 2. The molecule has 0 radical (unpaired) electrons. The Morgan fingerprint density at radius 2 is 2.25 bits per heavy atom. The number of nitrogens with one attached hydrogen (secondary N) is 1. The molecule has 5 heteroatoms. The van der Waals surface area contributed by atoms with Crippen LogP contribution in [0.15, 0.2) is 24.4 Å². The number of halogens is 1. The third-order valence-electron chi connectivity index (χ3n) is 2.23. The van der Waals surface area contributed by atoms with Gasteiger partial charge in [-0.15, -0.1) is 5.10 Å². The molecule has 0 fully saturated rings. The van der Waals surface area contributed by atoms with Gasteiger partial charge in [-0.1, -0.05) is 22.9 Å². The molecule has 2 aromatic rings. The molecule has 0 saturated heterocycles. The van der Waals surface area contributed by atoms with Crippen molar-refractivity contribution in [3.8, 4) is 0 Å². The molecule has 4 nitrogen and oxygen atoms in total. The van der Waals surface area contributed by atoms with Crippen LogP contribution in [-0.4, -0.2) is 15.0 Å². The van der Waals surface area contributed by atoms with Gasteiger partial charge in [0, 0.05) is 13.2 Å². The van der Waals surface area contributed by atoms with Crippen molar-refractivity contribution in [2.75, 3.05) is 5.32 Å². The van der Waals surface area contributed by atoms with Gasteiger partial charge in [0.2, 0.25) is 0 Å². The largest absolute Gasteiger partial charge is 0.378 e. The summed E-state index contributed by atoms with van der Waals surface area (Å²) in [6, 6.07) is 5.92. The van der Waals surface area contributed by atoms with Gasteiger partial charge in [-0.2, -0.15) is 0 Å². The van der Waals surface area contributed by atoms with Crippen molar-refractivity contribution in [3.63, 3.8) is 0 Å². The fourth-order valence-corrected chi connectivity index (χ4v) is 1.73. The number of hydrogen-bond donors (Lipinski definition) is 1. The first-order valence-electron chi connectivity index (χ1n) is 5.00. The predicted octanol–water partition coefficient (Wildman–Crippen LogP) is 2.39. The Balaban J connectivity index is 2.04. The second kappa shape index (κ2) is 4.53. The highest BCUT2D eigenvalue weighted by atomic mass is 35.5. The Kier molecular flexibility index (Phi) is 3.10. The van der Waals surface area contributed by atoms with Crippen molar-refractivity contribution >= 4 is 17.3 Å². The monoisotopic (exact) mass is 236 g/mol. The summed E-state index contributed by atoms with van der Waals surface area (Å²) in [5.74, 6) is 0. The van der Waals surface area contributed by atoms with E-state index < -0.39 is 0 Å². The van der Waals surface area contributed by atoms with Crippen molar-refractivity contribution in [1.29, 1.82) is 0 Å². The van der Waals surface area contributed by atoms with Crippen molar-refractivity contribution in [1.82, 2.24) is 15.0 Å². The minimum absolute atomic E-state index is 0.622. The lowest BCUT2D eigenvalue weighted by atomic mass is 10.2. The van der Waals surface area contributed by atoms with Crippen LogP contribution in [0.3, 0.4) is 0 Å². The van der Waals surface area contributed by atoms with Crippen LogP contribution in [-0.2, 0) is 13.6 Å². The highest BCUT2D eigenvalue weighted by molar-refractivity contribution is 6.33. The molecule has 0 aliphatic carbocycles. The van der Waals surface area contributed by atoms with Gasteiger partial charge in [0.25, 0.3) is 0 Å². The van der Waals surface area contributed by atoms with E-state index in [0.29, 0.717) is 6.54 Å². The molecule has 84 valence electrons. The molecule has 0 aliphatic rings. The Hall–Kier alpha value is -1.55. The zero-order valence-electron chi connectivity index (χ0n) is 9.24. The molecule has 0 spiro atoms. The van der Waals surface area contributed by atoms with Gasteiger partial charge in [0.1, 0.15) is 5.69 Å². The molecule has 0 atom stereocenters. The minimum atomic E-state index is 0.622. The second-order valence-electron chi connectivity index (χ2n) is 3.72. The molecule has 1 aromatic heterocycles. The Morgan fingerprint density at radius 1 is 1.44 bits per heavy atom. The molecular formula is C11H13ClN4. The van der Waals surface area contributed by atoms with E-state index in [9.17, 15) is 0 Å². The summed E-state index contributed by atoms with van der Waals surface area (Å²) in [4.78, 5) is 0. The van der Waals surface area contributed by atoms with E-state index in [1.54, 1.807) is 4.68 Å². The first-order chi connectivity index (χ1) is 7.65. The lowest BCUT2D eigenvalue weighted by molar-refractivity contribution is 0.713. The number of nitrogens with zero attached hydrogens (tertiary/aromatic N) is 3. The van der Waals surface area contributed by atoms with E-state index in [2.05, 4.69) is 15.6 Å². The summed E-state index contributed by atoms with van der Waals surface area (Å²) in [5, 5.41) is 11.8. The normalized spacial score (nSPS) is 10.4. The fourth-order valence-electron chi connectivity index (χ4n) is 1.43. The molecule has 1 N–H and O–H groups in total. The molecule has 0 unspecified atom stereocenters. The summed E-state index contributed by atoms with van der Waals surface area (Å²) in [6.45, 7) is 2.63. The smallest absolute Gasteiger partial charge is 0.102 e. The van der Waals surface area contributed by atoms with Gasteiger partial charge in [0.05, 0.1) is 17.3 Å². The van der Waals surface area contributed by atoms with E-state index in [0.717, 1.165) is 22.0 Å². The molecule has 0 aliphatic heterocycles. The zero-order valence-corrected chi connectivity index (χ0v) is 9.99. The molecule has 0 bridgehead atoms. The molecule has 0 saturated carbocycles. The van der Waals surface area contributed by atoms with Crippen molar-refractivity contribution in [2.24, 2.45) is 7.05 Å². The highest BCUT2D eigenvalue weighted by Crippen LogP contribution is 2.22. The number of hydrogen-bond acceptors (Lipinski definition) is 3. The van der Waals surface area contributed by atoms with Gasteiger partial charge in [-0.05, 0) is 24.6 Å². The first-order valence-corrected chi connectivity index (χ1v) is 5.38. The van der Waals surface area contributed by atoms with E-state index in [4.69, 9.17) is 11.6 Å². The predicted molar refractivity (Wildman–Crippen MR) is 64.5 cm³/mol. The van der Waals surface area contributed by atoms with E-state index in [1.807, 2.05) is 38.4 Å². The number of rotatable bonds is 3. The van der Waals surface area contributed by atoms with E-state index in [1.165, 1.54) is 0 Å². The Morgan fingerprint density at radius 3 is 2.88 bits per heavy atom. The molecule has 2 rings (SSSR count). The van der Waals surface area contributed by atoms with Crippen LogP contribution in [0, 0.1) is 6.92 Å². The van der Waals surface area contributed by atoms with Crippen LogP contribution in [0.5, 0.6) is 0 Å². The maximum atomic E-state index is 6.10. The average Bonchev–Trinajstić information content (AvgIpc) is 2.63. The third-order valence-corrected chi connectivity index (χ3v) is 2.55. The topological polar surface area (TPSA) is 42.7 Å². The molecule has 1 heterocycles. The second-order valence-corrected chi connectivity index (χ2v) is 4.13. The Bertz CT molecular complexity index is 492. The summed E-state index contributed by atoms with van der Waals surface area (Å²) < 4.78 is 1.67. The van der Waals surface area contributed by atoms with Crippen LogP contribution in [0.4, 0.5) is 5.69 Å². The van der Waals surface area contributed by atoms with Gasteiger partial charge in [-0.3, -0.25) is 4.68 Å². The molecule has 16 heavy (non-hydrogen) atoms. The molecule has 1 aromatic carbocycles. The standard InChI is InChI=1S/C11H13ClN4/c1-8-3-4-11(10(12)5-8)13-6-9-7-16(2)15-14-9/h3-5,7,13H,6H2,1-2H3. The van der Waals surface area contributed by atoms with Crippen LogP contribution in [0.25, 0.3) is 0 Å². The average molecular weight is 237 g/mol. The summed E-state index contributed by atoms with van der Waals surface area (Å²) >= 11 is 6.10. The minimum Gasteiger partial charge on any atom is -0.378 e.